The Balaban J connectivity index is 2.51. The molecule has 0 saturated heterocycles. The molecule has 0 N–H and O–H groups in total. The highest BCUT2D eigenvalue weighted by molar-refractivity contribution is 6.31. The van der Waals surface area contributed by atoms with Crippen molar-refractivity contribution in [1.29, 1.82) is 0 Å². The van der Waals surface area contributed by atoms with Gasteiger partial charge in [-0.05, 0) is 24.6 Å². The number of halogens is 2. The maximum Gasteiger partial charge on any atom is 0.0451 e. The van der Waals surface area contributed by atoms with Crippen molar-refractivity contribution in [3.8, 4) is 0 Å². The van der Waals surface area contributed by atoms with Gasteiger partial charge in [-0.2, -0.15) is 0 Å². The summed E-state index contributed by atoms with van der Waals surface area (Å²) in [4.78, 5) is 2.24. The van der Waals surface area contributed by atoms with E-state index in [4.69, 9.17) is 23.2 Å². The number of nitrogens with zero attached hydrogens (tertiary/aromatic N) is 1. The zero-order chi connectivity index (χ0) is 11.3. The van der Waals surface area contributed by atoms with Crippen molar-refractivity contribution in [2.75, 3.05) is 19.5 Å². The molecule has 0 bridgehead atoms. The molecule has 0 aliphatic rings. The van der Waals surface area contributed by atoms with Gasteiger partial charge in [-0.15, -0.1) is 11.6 Å². The van der Waals surface area contributed by atoms with Crippen LogP contribution in [0.25, 0.3) is 0 Å². The molecule has 15 heavy (non-hydrogen) atoms. The second kappa shape index (κ2) is 6.37. The molecule has 0 aromatic heterocycles. The topological polar surface area (TPSA) is 3.24 Å². The molecule has 1 unspecified atom stereocenters. The Kier molecular flexibility index (Phi) is 5.44. The smallest absolute Gasteiger partial charge is 0.0451 e. The molecule has 1 aromatic rings. The van der Waals surface area contributed by atoms with Crippen LogP contribution in [-0.2, 0) is 6.54 Å². The van der Waals surface area contributed by atoms with Crippen LogP contribution in [0.5, 0.6) is 0 Å². The molecule has 84 valence electrons. The number of hydrogen-bond acceptors (Lipinski definition) is 1. The zero-order valence-electron chi connectivity index (χ0n) is 9.21. The number of rotatable bonds is 5. The van der Waals surface area contributed by atoms with Crippen molar-refractivity contribution >= 4 is 23.2 Å². The Bertz CT molecular complexity index is 301. The van der Waals surface area contributed by atoms with Crippen LogP contribution in [-0.4, -0.2) is 24.4 Å². The van der Waals surface area contributed by atoms with Gasteiger partial charge in [-0.1, -0.05) is 36.7 Å². The third-order valence-electron chi connectivity index (χ3n) is 2.28. The summed E-state index contributed by atoms with van der Waals surface area (Å²) in [6, 6.07) is 7.95. The van der Waals surface area contributed by atoms with Crippen LogP contribution in [0.4, 0.5) is 0 Å². The monoisotopic (exact) mass is 245 g/mol. The molecule has 0 radical (unpaired) electrons. The highest BCUT2D eigenvalue weighted by atomic mass is 35.5. The summed E-state index contributed by atoms with van der Waals surface area (Å²) in [5, 5.41) is 0.836. The summed E-state index contributed by atoms with van der Waals surface area (Å²) in [6.45, 7) is 4.02. The largest absolute Gasteiger partial charge is 0.302 e. The molecule has 1 nitrogen and oxygen atoms in total. The summed E-state index contributed by atoms with van der Waals surface area (Å²) in [6.07, 6.45) is 0. The third-order valence-corrected chi connectivity index (χ3v) is 3.18. The van der Waals surface area contributed by atoms with Gasteiger partial charge in [0.15, 0.2) is 0 Å². The van der Waals surface area contributed by atoms with E-state index in [2.05, 4.69) is 24.9 Å². The second-order valence-corrected chi connectivity index (χ2v) is 4.76. The van der Waals surface area contributed by atoms with Crippen LogP contribution >= 0.6 is 23.2 Å². The minimum absolute atomic E-state index is 0.513. The van der Waals surface area contributed by atoms with Gasteiger partial charge < -0.3 is 4.90 Å². The van der Waals surface area contributed by atoms with Gasteiger partial charge in [0, 0.05) is 24.0 Å². The summed E-state index contributed by atoms with van der Waals surface area (Å²) in [5.74, 6) is 1.21. The van der Waals surface area contributed by atoms with Crippen molar-refractivity contribution in [2.24, 2.45) is 5.92 Å². The van der Waals surface area contributed by atoms with Crippen molar-refractivity contribution in [3.63, 3.8) is 0 Å². The molecule has 0 fully saturated rings. The van der Waals surface area contributed by atoms with Gasteiger partial charge in [-0.3, -0.25) is 0 Å². The number of benzene rings is 1. The molecule has 3 heteroatoms. The average molecular weight is 246 g/mol. The minimum Gasteiger partial charge on any atom is -0.302 e. The Morgan fingerprint density at radius 2 is 2.00 bits per heavy atom. The van der Waals surface area contributed by atoms with Gasteiger partial charge >= 0.3 is 0 Å². The fourth-order valence-corrected chi connectivity index (χ4v) is 1.86. The van der Waals surface area contributed by atoms with E-state index in [0.717, 1.165) is 18.1 Å². The van der Waals surface area contributed by atoms with E-state index in [-0.39, 0.29) is 0 Å². The molecule has 0 amide bonds. The summed E-state index contributed by atoms with van der Waals surface area (Å²) < 4.78 is 0. The Labute approximate surface area is 102 Å². The summed E-state index contributed by atoms with van der Waals surface area (Å²) in [7, 11) is 2.09. The standard InChI is InChI=1S/C12H17Cl2N/c1-10(7-13)8-15(2)9-11-5-3-4-6-12(11)14/h3-6,10H,7-9H2,1-2H3. The molecule has 0 saturated carbocycles. The van der Waals surface area contributed by atoms with Crippen molar-refractivity contribution < 1.29 is 0 Å². The highest BCUT2D eigenvalue weighted by Gasteiger charge is 2.07. The predicted molar refractivity (Wildman–Crippen MR) is 67.7 cm³/mol. The molecular weight excluding hydrogens is 229 g/mol. The second-order valence-electron chi connectivity index (χ2n) is 4.05. The third kappa shape index (κ3) is 4.42. The highest BCUT2D eigenvalue weighted by Crippen LogP contribution is 2.16. The molecule has 1 aromatic carbocycles. The lowest BCUT2D eigenvalue weighted by atomic mass is 10.1. The van der Waals surface area contributed by atoms with E-state index in [0.29, 0.717) is 11.8 Å². The first-order valence-electron chi connectivity index (χ1n) is 5.11. The lowest BCUT2D eigenvalue weighted by Crippen LogP contribution is -2.24. The predicted octanol–water partition coefficient (Wildman–Crippen LogP) is 3.65. The van der Waals surface area contributed by atoms with Gasteiger partial charge in [0.2, 0.25) is 0 Å². The zero-order valence-corrected chi connectivity index (χ0v) is 10.7. The maximum absolute atomic E-state index is 6.09. The minimum atomic E-state index is 0.513. The van der Waals surface area contributed by atoms with Crippen molar-refractivity contribution in [2.45, 2.75) is 13.5 Å². The van der Waals surface area contributed by atoms with E-state index in [1.807, 2.05) is 18.2 Å². The lowest BCUT2D eigenvalue weighted by molar-refractivity contribution is 0.290. The molecule has 0 aliphatic carbocycles. The molecule has 0 heterocycles. The SMILES string of the molecule is CC(CCl)CN(C)Cc1ccccc1Cl. The lowest BCUT2D eigenvalue weighted by Gasteiger charge is -2.20. The van der Waals surface area contributed by atoms with Crippen LogP contribution < -0.4 is 0 Å². The Morgan fingerprint density at radius 1 is 1.33 bits per heavy atom. The molecule has 1 atom stereocenters. The first-order valence-corrected chi connectivity index (χ1v) is 6.02. The quantitative estimate of drug-likeness (QED) is 0.717. The van der Waals surface area contributed by atoms with E-state index < -0.39 is 0 Å². The van der Waals surface area contributed by atoms with Gasteiger partial charge in [0.25, 0.3) is 0 Å². The van der Waals surface area contributed by atoms with Crippen LogP contribution in [0, 0.1) is 5.92 Å². The Hall–Kier alpha value is -0.240. The molecule has 0 aliphatic heterocycles. The fraction of sp³-hybridized carbons (Fsp3) is 0.500. The van der Waals surface area contributed by atoms with Crippen LogP contribution in [0.3, 0.4) is 0 Å². The number of alkyl halides is 1. The Morgan fingerprint density at radius 3 is 2.60 bits per heavy atom. The first-order chi connectivity index (χ1) is 7.13. The summed E-state index contributed by atoms with van der Waals surface area (Å²) >= 11 is 11.9. The maximum atomic E-state index is 6.09. The van der Waals surface area contributed by atoms with Crippen molar-refractivity contribution in [3.05, 3.63) is 34.9 Å². The molecule has 0 spiro atoms. The molecular formula is C12H17Cl2N. The fourth-order valence-electron chi connectivity index (χ4n) is 1.56. The van der Waals surface area contributed by atoms with Gasteiger partial charge in [-0.25, -0.2) is 0 Å². The van der Waals surface area contributed by atoms with Crippen LogP contribution in [0.15, 0.2) is 24.3 Å². The van der Waals surface area contributed by atoms with Gasteiger partial charge in [0.1, 0.15) is 0 Å². The summed E-state index contributed by atoms with van der Waals surface area (Å²) in [5.41, 5.74) is 1.17. The average Bonchev–Trinajstić information content (AvgIpc) is 2.21. The van der Waals surface area contributed by atoms with E-state index in [9.17, 15) is 0 Å². The van der Waals surface area contributed by atoms with Gasteiger partial charge in [0.05, 0.1) is 0 Å². The van der Waals surface area contributed by atoms with E-state index >= 15 is 0 Å². The first kappa shape index (κ1) is 12.8. The van der Waals surface area contributed by atoms with E-state index in [1.165, 1.54) is 5.56 Å². The van der Waals surface area contributed by atoms with Crippen LogP contribution in [0.2, 0.25) is 5.02 Å². The van der Waals surface area contributed by atoms with Crippen molar-refractivity contribution in [1.82, 2.24) is 4.90 Å². The molecule has 1 rings (SSSR count). The normalized spacial score (nSPS) is 13.1. The number of hydrogen-bond donors (Lipinski definition) is 0. The van der Waals surface area contributed by atoms with Crippen LogP contribution in [0.1, 0.15) is 12.5 Å². The van der Waals surface area contributed by atoms with E-state index in [1.54, 1.807) is 0 Å².